The molecule has 2 fully saturated rings. The molecule has 1 aliphatic carbocycles. The van der Waals surface area contributed by atoms with Gasteiger partial charge in [0.1, 0.15) is 5.54 Å². The summed E-state index contributed by atoms with van der Waals surface area (Å²) in [5, 5.41) is 12.5. The Bertz CT molecular complexity index is 304. The molecular formula is C14H25NO4. The molecule has 3 unspecified atom stereocenters. The Morgan fingerprint density at radius 1 is 1.47 bits per heavy atom. The molecule has 2 rings (SSSR count). The lowest BCUT2D eigenvalue weighted by Gasteiger charge is -2.31. The van der Waals surface area contributed by atoms with Crippen molar-refractivity contribution in [1.82, 2.24) is 5.32 Å². The number of carboxylic acid groups (broad SMARTS) is 1. The summed E-state index contributed by atoms with van der Waals surface area (Å²) < 4.78 is 11.1. The van der Waals surface area contributed by atoms with Crippen molar-refractivity contribution in [3.05, 3.63) is 0 Å². The van der Waals surface area contributed by atoms with Crippen LogP contribution in [-0.4, -0.2) is 49.6 Å². The largest absolute Gasteiger partial charge is 0.480 e. The van der Waals surface area contributed by atoms with Crippen LogP contribution in [0.25, 0.3) is 0 Å². The van der Waals surface area contributed by atoms with Gasteiger partial charge in [-0.2, -0.15) is 0 Å². The number of likely N-dealkylation sites (N-methyl/N-ethyl adjacent to an activating group) is 1. The van der Waals surface area contributed by atoms with Crippen molar-refractivity contribution in [3.8, 4) is 0 Å². The van der Waals surface area contributed by atoms with E-state index in [1.165, 1.54) is 0 Å². The maximum atomic E-state index is 11.5. The molecule has 3 atom stereocenters. The molecule has 1 heterocycles. The minimum absolute atomic E-state index is 0.166. The van der Waals surface area contributed by atoms with E-state index in [2.05, 4.69) is 5.32 Å². The maximum absolute atomic E-state index is 11.5. The molecule has 1 aliphatic heterocycles. The van der Waals surface area contributed by atoms with E-state index in [1.54, 1.807) is 7.05 Å². The van der Waals surface area contributed by atoms with E-state index >= 15 is 0 Å². The number of hydrogen-bond donors (Lipinski definition) is 2. The Hall–Kier alpha value is -0.650. The Labute approximate surface area is 114 Å². The zero-order chi connectivity index (χ0) is 13.7. The highest BCUT2D eigenvalue weighted by Gasteiger charge is 2.47. The molecule has 2 N–H and O–H groups in total. The van der Waals surface area contributed by atoms with Crippen molar-refractivity contribution >= 4 is 5.97 Å². The maximum Gasteiger partial charge on any atom is 0.324 e. The van der Waals surface area contributed by atoms with E-state index in [9.17, 15) is 9.90 Å². The Morgan fingerprint density at radius 2 is 2.32 bits per heavy atom. The third kappa shape index (κ3) is 3.27. The molecular weight excluding hydrogens is 246 g/mol. The molecule has 0 amide bonds. The molecule has 0 aromatic carbocycles. The van der Waals surface area contributed by atoms with Crippen molar-refractivity contribution < 1.29 is 19.4 Å². The molecule has 0 spiro atoms. The molecule has 19 heavy (non-hydrogen) atoms. The predicted octanol–water partition coefficient (Wildman–Crippen LogP) is 1.41. The van der Waals surface area contributed by atoms with E-state index in [0.717, 1.165) is 45.1 Å². The highest BCUT2D eigenvalue weighted by Crippen LogP contribution is 2.38. The van der Waals surface area contributed by atoms with Crippen LogP contribution in [0.2, 0.25) is 0 Å². The standard InChI is InChI=1S/C14H25NO4/c1-15-14(13(16)17)7-2-4-11(14)6-9-18-10-12-5-3-8-19-12/h11-12,15H,2-10H2,1H3,(H,16,17). The van der Waals surface area contributed by atoms with E-state index in [4.69, 9.17) is 9.47 Å². The second kappa shape index (κ2) is 6.68. The monoisotopic (exact) mass is 271 g/mol. The summed E-state index contributed by atoms with van der Waals surface area (Å²) in [4.78, 5) is 11.5. The zero-order valence-electron chi connectivity index (χ0n) is 11.7. The molecule has 2 aliphatic rings. The van der Waals surface area contributed by atoms with Crippen LogP contribution in [0.1, 0.15) is 38.5 Å². The van der Waals surface area contributed by atoms with Crippen molar-refractivity contribution in [2.24, 2.45) is 5.92 Å². The second-order valence-electron chi connectivity index (χ2n) is 5.61. The summed E-state index contributed by atoms with van der Waals surface area (Å²) in [6, 6.07) is 0. The van der Waals surface area contributed by atoms with Crippen molar-refractivity contribution in [3.63, 3.8) is 0 Å². The van der Waals surface area contributed by atoms with Gasteiger partial charge in [-0.1, -0.05) is 6.42 Å². The first-order valence-corrected chi connectivity index (χ1v) is 7.30. The fraction of sp³-hybridized carbons (Fsp3) is 0.929. The van der Waals surface area contributed by atoms with Crippen LogP contribution in [0.15, 0.2) is 0 Å². The summed E-state index contributed by atoms with van der Waals surface area (Å²) in [6.45, 7) is 2.12. The quantitative estimate of drug-likeness (QED) is 0.685. The summed E-state index contributed by atoms with van der Waals surface area (Å²) in [5.41, 5.74) is -0.743. The molecule has 0 radical (unpaired) electrons. The van der Waals surface area contributed by atoms with Crippen LogP contribution >= 0.6 is 0 Å². The first-order valence-electron chi connectivity index (χ1n) is 7.30. The molecule has 1 saturated heterocycles. The van der Waals surface area contributed by atoms with Crippen molar-refractivity contribution in [2.45, 2.75) is 50.2 Å². The smallest absolute Gasteiger partial charge is 0.324 e. The minimum atomic E-state index is -0.743. The van der Waals surface area contributed by atoms with Gasteiger partial charge >= 0.3 is 5.97 Å². The number of hydrogen-bond acceptors (Lipinski definition) is 4. The second-order valence-corrected chi connectivity index (χ2v) is 5.61. The lowest BCUT2D eigenvalue weighted by Crippen LogP contribution is -2.53. The molecule has 0 aromatic heterocycles. The Kier molecular flexibility index (Phi) is 5.19. The number of carbonyl (C=O) groups is 1. The fourth-order valence-corrected chi connectivity index (χ4v) is 3.40. The van der Waals surface area contributed by atoms with Crippen LogP contribution in [0, 0.1) is 5.92 Å². The number of carboxylic acids is 1. The average Bonchev–Trinajstić information content (AvgIpc) is 3.04. The van der Waals surface area contributed by atoms with Gasteiger partial charge < -0.3 is 19.9 Å². The molecule has 0 aromatic rings. The van der Waals surface area contributed by atoms with Gasteiger partial charge in [-0.25, -0.2) is 0 Å². The Morgan fingerprint density at radius 3 is 2.95 bits per heavy atom. The van der Waals surface area contributed by atoms with Crippen molar-refractivity contribution in [1.29, 1.82) is 0 Å². The van der Waals surface area contributed by atoms with Gasteiger partial charge in [-0.15, -0.1) is 0 Å². The van der Waals surface area contributed by atoms with E-state index in [-0.39, 0.29) is 12.0 Å². The third-order valence-electron chi connectivity index (χ3n) is 4.59. The zero-order valence-corrected chi connectivity index (χ0v) is 11.7. The number of aliphatic carboxylic acids is 1. The predicted molar refractivity (Wildman–Crippen MR) is 71.2 cm³/mol. The van der Waals surface area contributed by atoms with E-state index in [1.807, 2.05) is 0 Å². The van der Waals surface area contributed by atoms with Gasteiger partial charge in [0.15, 0.2) is 0 Å². The third-order valence-corrected chi connectivity index (χ3v) is 4.59. The average molecular weight is 271 g/mol. The molecule has 5 heteroatoms. The highest BCUT2D eigenvalue weighted by molar-refractivity contribution is 5.79. The summed E-state index contributed by atoms with van der Waals surface area (Å²) >= 11 is 0. The summed E-state index contributed by atoms with van der Waals surface area (Å²) in [7, 11) is 1.75. The highest BCUT2D eigenvalue weighted by atomic mass is 16.5. The van der Waals surface area contributed by atoms with Gasteiger partial charge in [-0.05, 0) is 45.1 Å². The van der Waals surface area contributed by atoms with Crippen LogP contribution in [0.3, 0.4) is 0 Å². The normalized spacial score (nSPS) is 34.8. The van der Waals surface area contributed by atoms with Gasteiger partial charge in [0.2, 0.25) is 0 Å². The Balaban J connectivity index is 1.73. The van der Waals surface area contributed by atoms with Crippen molar-refractivity contribution in [2.75, 3.05) is 26.9 Å². The molecule has 5 nitrogen and oxygen atoms in total. The number of rotatable bonds is 7. The van der Waals surface area contributed by atoms with Crippen LogP contribution in [0.4, 0.5) is 0 Å². The fourth-order valence-electron chi connectivity index (χ4n) is 3.40. The molecule has 1 saturated carbocycles. The molecule has 110 valence electrons. The van der Waals surface area contributed by atoms with Crippen LogP contribution < -0.4 is 5.32 Å². The lowest BCUT2D eigenvalue weighted by atomic mass is 9.85. The SMILES string of the molecule is CNC1(C(=O)O)CCCC1CCOCC1CCCO1. The van der Waals surface area contributed by atoms with E-state index < -0.39 is 11.5 Å². The first-order chi connectivity index (χ1) is 9.19. The minimum Gasteiger partial charge on any atom is -0.480 e. The topological polar surface area (TPSA) is 67.8 Å². The molecule has 0 bridgehead atoms. The van der Waals surface area contributed by atoms with Crippen LogP contribution in [-0.2, 0) is 14.3 Å². The first kappa shape index (κ1) is 14.8. The van der Waals surface area contributed by atoms with E-state index in [0.29, 0.717) is 13.2 Å². The van der Waals surface area contributed by atoms with Gasteiger partial charge in [0.05, 0.1) is 12.7 Å². The van der Waals surface area contributed by atoms with Gasteiger partial charge in [-0.3, -0.25) is 4.79 Å². The van der Waals surface area contributed by atoms with Crippen LogP contribution in [0.5, 0.6) is 0 Å². The van der Waals surface area contributed by atoms with Gasteiger partial charge in [0.25, 0.3) is 0 Å². The lowest BCUT2D eigenvalue weighted by molar-refractivity contribution is -0.146. The van der Waals surface area contributed by atoms with Gasteiger partial charge in [0, 0.05) is 13.2 Å². The summed E-state index contributed by atoms with van der Waals surface area (Å²) in [5.74, 6) is -0.559. The number of nitrogens with one attached hydrogen (secondary N) is 1. The number of ether oxygens (including phenoxy) is 2. The summed E-state index contributed by atoms with van der Waals surface area (Å²) in [6.07, 6.45) is 5.92.